The molecule has 102 valence electrons. The SMILES string of the molecule is CCNC(CC1CCCO1)c1cc2ccccc2o1. The molecular weight excluding hydrogens is 238 g/mol. The molecule has 3 rings (SSSR count). The van der Waals surface area contributed by atoms with Gasteiger partial charge in [-0.2, -0.15) is 0 Å². The lowest BCUT2D eigenvalue weighted by Gasteiger charge is -2.19. The maximum absolute atomic E-state index is 5.97. The Labute approximate surface area is 113 Å². The molecule has 0 aliphatic carbocycles. The molecule has 1 aromatic carbocycles. The molecule has 19 heavy (non-hydrogen) atoms. The Balaban J connectivity index is 1.81. The number of hydrogen-bond acceptors (Lipinski definition) is 3. The second kappa shape index (κ2) is 5.76. The standard InChI is InChI=1S/C16H21NO2/c1-2-17-14(11-13-7-5-9-18-13)16-10-12-6-3-4-8-15(12)19-16/h3-4,6,8,10,13-14,17H,2,5,7,9,11H2,1H3. The van der Waals surface area contributed by atoms with E-state index in [1.54, 1.807) is 0 Å². The summed E-state index contributed by atoms with van der Waals surface area (Å²) in [6.45, 7) is 3.98. The van der Waals surface area contributed by atoms with Gasteiger partial charge in [0.1, 0.15) is 11.3 Å². The van der Waals surface area contributed by atoms with Crippen molar-refractivity contribution >= 4 is 11.0 Å². The molecule has 1 saturated heterocycles. The molecule has 1 N–H and O–H groups in total. The summed E-state index contributed by atoms with van der Waals surface area (Å²) in [5.74, 6) is 1.03. The van der Waals surface area contributed by atoms with Crippen LogP contribution in [0.5, 0.6) is 0 Å². The third kappa shape index (κ3) is 2.82. The summed E-state index contributed by atoms with van der Waals surface area (Å²) in [7, 11) is 0. The minimum absolute atomic E-state index is 0.250. The van der Waals surface area contributed by atoms with E-state index in [-0.39, 0.29) is 6.04 Å². The first-order valence-corrected chi connectivity index (χ1v) is 7.20. The van der Waals surface area contributed by atoms with E-state index >= 15 is 0 Å². The quantitative estimate of drug-likeness (QED) is 0.890. The molecule has 1 aromatic heterocycles. The average Bonchev–Trinajstić information content (AvgIpc) is 3.06. The number of para-hydroxylation sites is 1. The molecular formula is C16H21NO2. The van der Waals surface area contributed by atoms with E-state index in [4.69, 9.17) is 9.15 Å². The number of ether oxygens (including phenoxy) is 1. The van der Waals surface area contributed by atoms with Crippen molar-refractivity contribution in [3.63, 3.8) is 0 Å². The van der Waals surface area contributed by atoms with Crippen molar-refractivity contribution in [2.24, 2.45) is 0 Å². The maximum Gasteiger partial charge on any atom is 0.134 e. The van der Waals surface area contributed by atoms with Crippen molar-refractivity contribution in [3.8, 4) is 0 Å². The second-order valence-electron chi connectivity index (χ2n) is 5.17. The Morgan fingerprint density at radius 2 is 2.26 bits per heavy atom. The van der Waals surface area contributed by atoms with Crippen molar-refractivity contribution in [3.05, 3.63) is 36.1 Å². The first-order chi connectivity index (χ1) is 9.36. The maximum atomic E-state index is 5.97. The molecule has 2 heterocycles. The highest BCUT2D eigenvalue weighted by atomic mass is 16.5. The van der Waals surface area contributed by atoms with Crippen LogP contribution in [0.3, 0.4) is 0 Å². The molecule has 1 aliphatic rings. The number of rotatable bonds is 5. The van der Waals surface area contributed by atoms with Gasteiger partial charge in [-0.15, -0.1) is 0 Å². The van der Waals surface area contributed by atoms with Crippen molar-refractivity contribution in [1.82, 2.24) is 5.32 Å². The summed E-state index contributed by atoms with van der Waals surface area (Å²) >= 11 is 0. The summed E-state index contributed by atoms with van der Waals surface area (Å²) < 4.78 is 11.7. The molecule has 3 heteroatoms. The highest BCUT2D eigenvalue weighted by Gasteiger charge is 2.23. The van der Waals surface area contributed by atoms with Crippen LogP contribution in [0, 0.1) is 0 Å². The largest absolute Gasteiger partial charge is 0.459 e. The minimum atomic E-state index is 0.250. The van der Waals surface area contributed by atoms with Crippen LogP contribution < -0.4 is 5.32 Å². The fourth-order valence-electron chi connectivity index (χ4n) is 2.81. The smallest absolute Gasteiger partial charge is 0.134 e. The summed E-state index contributed by atoms with van der Waals surface area (Å²) in [5, 5.41) is 4.69. The van der Waals surface area contributed by atoms with E-state index in [2.05, 4.69) is 24.4 Å². The lowest BCUT2D eigenvalue weighted by molar-refractivity contribution is 0.0924. The lowest BCUT2D eigenvalue weighted by atomic mass is 10.0. The predicted molar refractivity (Wildman–Crippen MR) is 76.2 cm³/mol. The van der Waals surface area contributed by atoms with Gasteiger partial charge in [0.15, 0.2) is 0 Å². The third-order valence-corrected chi connectivity index (χ3v) is 3.76. The zero-order valence-electron chi connectivity index (χ0n) is 11.4. The first kappa shape index (κ1) is 12.7. The van der Waals surface area contributed by atoms with Gasteiger partial charge in [-0.1, -0.05) is 25.1 Å². The first-order valence-electron chi connectivity index (χ1n) is 7.20. The molecule has 2 atom stereocenters. The number of nitrogens with one attached hydrogen (secondary N) is 1. The normalized spacial score (nSPS) is 21.0. The van der Waals surface area contributed by atoms with Crippen LogP contribution in [-0.4, -0.2) is 19.3 Å². The minimum Gasteiger partial charge on any atom is -0.459 e. The van der Waals surface area contributed by atoms with E-state index in [1.807, 2.05) is 18.2 Å². The highest BCUT2D eigenvalue weighted by Crippen LogP contribution is 2.29. The lowest BCUT2D eigenvalue weighted by Crippen LogP contribution is -2.24. The second-order valence-corrected chi connectivity index (χ2v) is 5.17. The van der Waals surface area contributed by atoms with Gasteiger partial charge >= 0.3 is 0 Å². The number of fused-ring (bicyclic) bond motifs is 1. The van der Waals surface area contributed by atoms with Crippen molar-refractivity contribution in [1.29, 1.82) is 0 Å². The molecule has 2 aromatic rings. The summed E-state index contributed by atoms with van der Waals surface area (Å²) in [4.78, 5) is 0. The fraction of sp³-hybridized carbons (Fsp3) is 0.500. The zero-order valence-corrected chi connectivity index (χ0v) is 11.4. The van der Waals surface area contributed by atoms with Crippen LogP contribution in [0.15, 0.2) is 34.7 Å². The molecule has 0 spiro atoms. The average molecular weight is 259 g/mol. The molecule has 1 aliphatic heterocycles. The third-order valence-electron chi connectivity index (χ3n) is 3.76. The van der Waals surface area contributed by atoms with Crippen LogP contribution in [0.2, 0.25) is 0 Å². The van der Waals surface area contributed by atoms with Gasteiger partial charge in [-0.3, -0.25) is 0 Å². The van der Waals surface area contributed by atoms with Gasteiger partial charge in [-0.05, 0) is 37.9 Å². The number of hydrogen-bond donors (Lipinski definition) is 1. The van der Waals surface area contributed by atoms with Gasteiger partial charge in [0, 0.05) is 12.0 Å². The molecule has 0 saturated carbocycles. The van der Waals surface area contributed by atoms with Crippen LogP contribution >= 0.6 is 0 Å². The van der Waals surface area contributed by atoms with Gasteiger partial charge < -0.3 is 14.5 Å². The molecule has 0 bridgehead atoms. The Morgan fingerprint density at radius 1 is 1.37 bits per heavy atom. The summed E-state index contributed by atoms with van der Waals surface area (Å²) in [6.07, 6.45) is 3.72. The molecule has 1 fully saturated rings. The Kier molecular flexibility index (Phi) is 3.85. The van der Waals surface area contributed by atoms with Crippen LogP contribution in [0.4, 0.5) is 0 Å². The topological polar surface area (TPSA) is 34.4 Å². The molecule has 0 amide bonds. The Morgan fingerprint density at radius 3 is 3.00 bits per heavy atom. The number of benzene rings is 1. The molecule has 3 nitrogen and oxygen atoms in total. The van der Waals surface area contributed by atoms with Gasteiger partial charge in [0.25, 0.3) is 0 Å². The predicted octanol–water partition coefficient (Wildman–Crippen LogP) is 3.65. The number of furan rings is 1. The summed E-state index contributed by atoms with van der Waals surface area (Å²) in [6, 6.07) is 10.6. The van der Waals surface area contributed by atoms with Crippen molar-refractivity contribution in [2.45, 2.75) is 38.3 Å². The van der Waals surface area contributed by atoms with E-state index in [9.17, 15) is 0 Å². The molecule has 2 unspecified atom stereocenters. The van der Waals surface area contributed by atoms with E-state index in [1.165, 1.54) is 18.2 Å². The zero-order chi connectivity index (χ0) is 13.1. The monoisotopic (exact) mass is 259 g/mol. The van der Waals surface area contributed by atoms with Gasteiger partial charge in [0.2, 0.25) is 0 Å². The van der Waals surface area contributed by atoms with E-state index in [0.29, 0.717) is 6.10 Å². The van der Waals surface area contributed by atoms with Crippen molar-refractivity contribution < 1.29 is 9.15 Å². The Hall–Kier alpha value is -1.32. The fourth-order valence-corrected chi connectivity index (χ4v) is 2.81. The van der Waals surface area contributed by atoms with Crippen LogP contribution in [-0.2, 0) is 4.74 Å². The van der Waals surface area contributed by atoms with E-state index < -0.39 is 0 Å². The van der Waals surface area contributed by atoms with E-state index in [0.717, 1.165) is 30.9 Å². The van der Waals surface area contributed by atoms with Crippen LogP contribution in [0.25, 0.3) is 11.0 Å². The van der Waals surface area contributed by atoms with Gasteiger partial charge in [-0.25, -0.2) is 0 Å². The molecule has 0 radical (unpaired) electrons. The van der Waals surface area contributed by atoms with Crippen molar-refractivity contribution in [2.75, 3.05) is 13.2 Å². The highest BCUT2D eigenvalue weighted by molar-refractivity contribution is 5.77. The Bertz CT molecular complexity index is 495. The summed E-state index contributed by atoms with van der Waals surface area (Å²) in [5.41, 5.74) is 0.966. The van der Waals surface area contributed by atoms with Gasteiger partial charge in [0.05, 0.1) is 12.1 Å². The van der Waals surface area contributed by atoms with Crippen LogP contribution in [0.1, 0.15) is 38.0 Å².